The highest BCUT2D eigenvalue weighted by Crippen LogP contribution is 2.28. The van der Waals surface area contributed by atoms with Gasteiger partial charge in [0.25, 0.3) is 5.91 Å². The molecule has 0 aliphatic heterocycles. The first kappa shape index (κ1) is 11.0. The third-order valence-corrected chi connectivity index (χ3v) is 2.67. The summed E-state index contributed by atoms with van der Waals surface area (Å²) in [4.78, 5) is 13.5. The first-order valence-electron chi connectivity index (χ1n) is 5.57. The van der Waals surface area contributed by atoms with Crippen LogP contribution in [0.4, 0.5) is 0 Å². The maximum absolute atomic E-state index is 11.9. The van der Waals surface area contributed by atoms with E-state index in [1.54, 1.807) is 19.0 Å². The highest BCUT2D eigenvalue weighted by Gasteiger charge is 2.24. The second-order valence-corrected chi connectivity index (χ2v) is 4.49. The fourth-order valence-corrected chi connectivity index (χ4v) is 1.52. The third kappa shape index (κ3) is 2.35. The summed E-state index contributed by atoms with van der Waals surface area (Å²) in [6, 6.07) is 5.71. The van der Waals surface area contributed by atoms with Crippen molar-refractivity contribution in [1.82, 2.24) is 4.90 Å². The van der Waals surface area contributed by atoms with Crippen molar-refractivity contribution in [2.45, 2.75) is 25.9 Å². The minimum absolute atomic E-state index is 0.0266. The lowest BCUT2D eigenvalue weighted by Crippen LogP contribution is -2.22. The van der Waals surface area contributed by atoms with Gasteiger partial charge in [-0.1, -0.05) is 6.07 Å². The molecule has 0 aromatic heterocycles. The molecule has 0 radical (unpaired) electrons. The van der Waals surface area contributed by atoms with E-state index in [9.17, 15) is 4.79 Å². The van der Waals surface area contributed by atoms with Crippen molar-refractivity contribution >= 4 is 5.91 Å². The maximum atomic E-state index is 11.9. The molecular weight excluding hydrogens is 202 g/mol. The van der Waals surface area contributed by atoms with Gasteiger partial charge < -0.3 is 9.64 Å². The normalized spacial score (nSPS) is 14.7. The second kappa shape index (κ2) is 4.16. The van der Waals surface area contributed by atoms with E-state index in [4.69, 9.17) is 4.74 Å². The molecule has 0 atom stereocenters. The van der Waals surface area contributed by atoms with Crippen molar-refractivity contribution in [2.75, 3.05) is 14.1 Å². The number of rotatable bonds is 3. The van der Waals surface area contributed by atoms with Gasteiger partial charge in [0.2, 0.25) is 0 Å². The standard InChI is InChI=1S/C13H17NO2/c1-9-4-5-11(16-10-6-7-10)8-12(9)13(15)14(2)3/h4-5,8,10H,6-7H2,1-3H3. The van der Waals surface area contributed by atoms with Gasteiger partial charge in [0.15, 0.2) is 0 Å². The molecule has 1 aromatic rings. The topological polar surface area (TPSA) is 29.5 Å². The van der Waals surface area contributed by atoms with Crippen molar-refractivity contribution < 1.29 is 9.53 Å². The van der Waals surface area contributed by atoms with Crippen LogP contribution in [0.3, 0.4) is 0 Å². The fraction of sp³-hybridized carbons (Fsp3) is 0.462. The lowest BCUT2D eigenvalue weighted by atomic mass is 10.1. The monoisotopic (exact) mass is 219 g/mol. The molecule has 0 saturated heterocycles. The van der Waals surface area contributed by atoms with Crippen molar-refractivity contribution in [3.8, 4) is 5.75 Å². The molecule has 0 N–H and O–H groups in total. The van der Waals surface area contributed by atoms with Gasteiger partial charge in [-0.15, -0.1) is 0 Å². The zero-order valence-corrected chi connectivity index (χ0v) is 9.99. The number of hydrogen-bond acceptors (Lipinski definition) is 2. The van der Waals surface area contributed by atoms with Gasteiger partial charge in [-0.25, -0.2) is 0 Å². The lowest BCUT2D eigenvalue weighted by Gasteiger charge is -2.14. The van der Waals surface area contributed by atoms with Crippen LogP contribution in [-0.2, 0) is 0 Å². The lowest BCUT2D eigenvalue weighted by molar-refractivity contribution is 0.0826. The molecule has 86 valence electrons. The molecule has 1 amide bonds. The van der Waals surface area contributed by atoms with E-state index in [2.05, 4.69) is 0 Å². The Bertz CT molecular complexity index is 408. The molecule has 1 aliphatic carbocycles. The summed E-state index contributed by atoms with van der Waals surface area (Å²) in [7, 11) is 3.52. The predicted octanol–water partition coefficient (Wildman–Crippen LogP) is 2.24. The van der Waals surface area contributed by atoms with Gasteiger partial charge >= 0.3 is 0 Å². The van der Waals surface area contributed by atoms with E-state index < -0.39 is 0 Å². The average molecular weight is 219 g/mol. The molecule has 0 heterocycles. The number of aryl methyl sites for hydroxylation is 1. The van der Waals surface area contributed by atoms with Crippen molar-refractivity contribution in [1.29, 1.82) is 0 Å². The first-order chi connectivity index (χ1) is 7.58. The van der Waals surface area contributed by atoms with Gasteiger partial charge in [-0.2, -0.15) is 0 Å². The SMILES string of the molecule is Cc1ccc(OC2CC2)cc1C(=O)N(C)C. The van der Waals surface area contributed by atoms with Gasteiger partial charge in [-0.3, -0.25) is 4.79 Å². The van der Waals surface area contributed by atoms with Crippen LogP contribution in [0.25, 0.3) is 0 Å². The van der Waals surface area contributed by atoms with Gasteiger partial charge in [0.05, 0.1) is 6.10 Å². The molecule has 1 saturated carbocycles. The highest BCUT2D eigenvalue weighted by atomic mass is 16.5. The quantitative estimate of drug-likeness (QED) is 0.780. The number of carbonyl (C=O) groups excluding carboxylic acids is 1. The van der Waals surface area contributed by atoms with Crippen LogP contribution in [0.15, 0.2) is 18.2 Å². The summed E-state index contributed by atoms with van der Waals surface area (Å²) in [5.41, 5.74) is 1.71. The molecule has 1 aromatic carbocycles. The number of benzene rings is 1. The molecule has 3 heteroatoms. The summed E-state index contributed by atoms with van der Waals surface area (Å²) in [5, 5.41) is 0. The molecule has 2 rings (SSSR count). The first-order valence-corrected chi connectivity index (χ1v) is 5.57. The number of nitrogens with zero attached hydrogens (tertiary/aromatic N) is 1. The predicted molar refractivity (Wildman–Crippen MR) is 62.8 cm³/mol. The molecule has 0 unspecified atom stereocenters. The molecule has 1 fully saturated rings. The summed E-state index contributed by atoms with van der Waals surface area (Å²) >= 11 is 0. The van der Waals surface area contributed by atoms with E-state index in [-0.39, 0.29) is 5.91 Å². The number of ether oxygens (including phenoxy) is 1. The Morgan fingerprint density at radius 2 is 2.06 bits per heavy atom. The second-order valence-electron chi connectivity index (χ2n) is 4.49. The van der Waals surface area contributed by atoms with Crippen LogP contribution in [0.5, 0.6) is 5.75 Å². The van der Waals surface area contributed by atoms with E-state index in [0.717, 1.165) is 29.7 Å². The van der Waals surface area contributed by atoms with Crippen LogP contribution in [0, 0.1) is 6.92 Å². The molecule has 0 spiro atoms. The Morgan fingerprint density at radius 3 is 2.62 bits per heavy atom. The van der Waals surface area contributed by atoms with Crippen LogP contribution in [0.2, 0.25) is 0 Å². The zero-order valence-electron chi connectivity index (χ0n) is 9.99. The Morgan fingerprint density at radius 1 is 1.38 bits per heavy atom. The summed E-state index contributed by atoms with van der Waals surface area (Å²) in [5.74, 6) is 0.831. The van der Waals surface area contributed by atoms with E-state index in [0.29, 0.717) is 6.10 Å². The van der Waals surface area contributed by atoms with Crippen LogP contribution in [-0.4, -0.2) is 31.0 Å². The van der Waals surface area contributed by atoms with Gasteiger partial charge in [-0.05, 0) is 37.5 Å². The summed E-state index contributed by atoms with van der Waals surface area (Å²) < 4.78 is 5.68. The van der Waals surface area contributed by atoms with E-state index in [1.165, 1.54) is 0 Å². The number of carbonyl (C=O) groups is 1. The number of amides is 1. The minimum Gasteiger partial charge on any atom is -0.490 e. The van der Waals surface area contributed by atoms with Crippen molar-refractivity contribution in [3.05, 3.63) is 29.3 Å². The third-order valence-electron chi connectivity index (χ3n) is 2.67. The van der Waals surface area contributed by atoms with E-state index >= 15 is 0 Å². The average Bonchev–Trinajstić information content (AvgIpc) is 3.03. The van der Waals surface area contributed by atoms with Gasteiger partial charge in [0.1, 0.15) is 5.75 Å². The Hall–Kier alpha value is -1.51. The van der Waals surface area contributed by atoms with Crippen LogP contribution in [0.1, 0.15) is 28.8 Å². The zero-order chi connectivity index (χ0) is 11.7. The smallest absolute Gasteiger partial charge is 0.253 e. The molecule has 0 bridgehead atoms. The molecule has 16 heavy (non-hydrogen) atoms. The number of hydrogen-bond donors (Lipinski definition) is 0. The Labute approximate surface area is 96.0 Å². The largest absolute Gasteiger partial charge is 0.490 e. The Balaban J connectivity index is 2.24. The summed E-state index contributed by atoms with van der Waals surface area (Å²) in [6.45, 7) is 1.94. The summed E-state index contributed by atoms with van der Waals surface area (Å²) in [6.07, 6.45) is 2.63. The Kier molecular flexibility index (Phi) is 2.86. The van der Waals surface area contributed by atoms with Crippen molar-refractivity contribution in [3.63, 3.8) is 0 Å². The molecule has 1 aliphatic rings. The maximum Gasteiger partial charge on any atom is 0.253 e. The van der Waals surface area contributed by atoms with Gasteiger partial charge in [0, 0.05) is 19.7 Å². The van der Waals surface area contributed by atoms with Crippen LogP contribution >= 0.6 is 0 Å². The van der Waals surface area contributed by atoms with Crippen LogP contribution < -0.4 is 4.74 Å². The minimum atomic E-state index is 0.0266. The van der Waals surface area contributed by atoms with Crippen molar-refractivity contribution in [2.24, 2.45) is 0 Å². The fourth-order valence-electron chi connectivity index (χ4n) is 1.52. The highest BCUT2D eigenvalue weighted by molar-refractivity contribution is 5.95. The molecular formula is C13H17NO2. The van der Waals surface area contributed by atoms with E-state index in [1.807, 2.05) is 25.1 Å². The molecule has 3 nitrogen and oxygen atoms in total.